The van der Waals surface area contributed by atoms with E-state index in [0.717, 1.165) is 42.9 Å². The zero-order valence-electron chi connectivity index (χ0n) is 17.5. The molecule has 1 heterocycles. The summed E-state index contributed by atoms with van der Waals surface area (Å²) < 4.78 is 0. The maximum absolute atomic E-state index is 12.4. The highest BCUT2D eigenvalue weighted by Crippen LogP contribution is 2.23. The second-order valence-corrected chi connectivity index (χ2v) is 8.38. The van der Waals surface area contributed by atoms with Crippen LogP contribution in [-0.2, 0) is 16.0 Å². The average molecular weight is 428 g/mol. The molecule has 6 heteroatoms. The first-order valence-corrected chi connectivity index (χ1v) is 11.1. The Hall–Kier alpha value is -2.53. The van der Waals surface area contributed by atoms with Gasteiger partial charge in [-0.05, 0) is 68.5 Å². The van der Waals surface area contributed by atoms with Gasteiger partial charge in [0.25, 0.3) is 0 Å². The smallest absolute Gasteiger partial charge is 0.226 e. The molecule has 5 nitrogen and oxygen atoms in total. The number of hydrogen-bond acceptors (Lipinski definition) is 3. The number of nitrogens with one attached hydrogen (secondary N) is 2. The lowest BCUT2D eigenvalue weighted by Gasteiger charge is -2.19. The number of rotatable bonds is 9. The van der Waals surface area contributed by atoms with Crippen LogP contribution in [0, 0.1) is 0 Å². The van der Waals surface area contributed by atoms with E-state index in [0.29, 0.717) is 11.4 Å². The summed E-state index contributed by atoms with van der Waals surface area (Å²) in [6, 6.07) is 15.4. The van der Waals surface area contributed by atoms with E-state index in [9.17, 15) is 9.59 Å². The Morgan fingerprint density at radius 2 is 1.80 bits per heavy atom. The number of carbonyl (C=O) groups is 2. The van der Waals surface area contributed by atoms with Gasteiger partial charge in [-0.3, -0.25) is 9.59 Å². The van der Waals surface area contributed by atoms with E-state index >= 15 is 0 Å². The van der Waals surface area contributed by atoms with Gasteiger partial charge in [0, 0.05) is 48.4 Å². The van der Waals surface area contributed by atoms with E-state index in [1.54, 1.807) is 0 Å². The van der Waals surface area contributed by atoms with Crippen molar-refractivity contribution in [2.75, 3.05) is 23.3 Å². The molecular weight excluding hydrogens is 398 g/mol. The normalized spacial score (nSPS) is 14.4. The van der Waals surface area contributed by atoms with Crippen LogP contribution in [0.3, 0.4) is 0 Å². The molecule has 1 atom stereocenters. The molecule has 0 aromatic heterocycles. The number of nitrogens with zero attached hydrogens (tertiary/aromatic N) is 1. The average Bonchev–Trinajstić information content (AvgIpc) is 3.24. The first-order chi connectivity index (χ1) is 14.5. The van der Waals surface area contributed by atoms with Gasteiger partial charge in [-0.25, -0.2) is 0 Å². The third-order valence-electron chi connectivity index (χ3n) is 5.28. The molecule has 0 bridgehead atoms. The largest absolute Gasteiger partial charge is 0.371 e. The first-order valence-electron chi connectivity index (χ1n) is 10.7. The molecule has 0 saturated carbocycles. The minimum Gasteiger partial charge on any atom is -0.371 e. The second-order valence-electron chi connectivity index (χ2n) is 7.95. The number of hydrogen-bond donors (Lipinski definition) is 2. The van der Waals surface area contributed by atoms with Gasteiger partial charge in [0.2, 0.25) is 11.8 Å². The molecule has 30 heavy (non-hydrogen) atoms. The van der Waals surface area contributed by atoms with E-state index < -0.39 is 0 Å². The van der Waals surface area contributed by atoms with Crippen molar-refractivity contribution in [3.8, 4) is 0 Å². The molecule has 0 radical (unpaired) electrons. The van der Waals surface area contributed by atoms with Gasteiger partial charge in [0.05, 0.1) is 0 Å². The molecule has 3 rings (SSSR count). The van der Waals surface area contributed by atoms with Gasteiger partial charge in [0.1, 0.15) is 0 Å². The molecule has 0 spiro atoms. The molecule has 1 fully saturated rings. The number of carbonyl (C=O) groups excluding carboxylic acids is 2. The fourth-order valence-electron chi connectivity index (χ4n) is 3.75. The summed E-state index contributed by atoms with van der Waals surface area (Å²) in [5, 5.41) is 6.58. The summed E-state index contributed by atoms with van der Waals surface area (Å²) in [6.07, 6.45) is 4.70. The van der Waals surface area contributed by atoms with Crippen LogP contribution >= 0.6 is 11.6 Å². The Kier molecular flexibility index (Phi) is 8.14. The van der Waals surface area contributed by atoms with Crippen molar-refractivity contribution in [3.05, 3.63) is 59.1 Å². The van der Waals surface area contributed by atoms with Crippen molar-refractivity contribution in [1.82, 2.24) is 5.32 Å². The van der Waals surface area contributed by atoms with Crippen LogP contribution in [0.5, 0.6) is 0 Å². The molecule has 160 valence electrons. The topological polar surface area (TPSA) is 61.4 Å². The summed E-state index contributed by atoms with van der Waals surface area (Å²) in [5.41, 5.74) is 3.11. The molecule has 1 unspecified atom stereocenters. The summed E-state index contributed by atoms with van der Waals surface area (Å²) in [7, 11) is 0. The molecule has 2 aromatic rings. The van der Waals surface area contributed by atoms with Crippen molar-refractivity contribution >= 4 is 34.8 Å². The maximum atomic E-state index is 12.4. The number of halogens is 1. The van der Waals surface area contributed by atoms with Crippen LogP contribution < -0.4 is 15.5 Å². The van der Waals surface area contributed by atoms with Gasteiger partial charge in [0.15, 0.2) is 0 Å². The van der Waals surface area contributed by atoms with Crippen molar-refractivity contribution in [2.45, 2.75) is 51.5 Å². The van der Waals surface area contributed by atoms with Crippen LogP contribution in [-0.4, -0.2) is 30.9 Å². The zero-order chi connectivity index (χ0) is 21.3. The fourth-order valence-corrected chi connectivity index (χ4v) is 3.87. The van der Waals surface area contributed by atoms with Gasteiger partial charge in [-0.15, -0.1) is 0 Å². The van der Waals surface area contributed by atoms with E-state index in [1.165, 1.54) is 12.8 Å². The standard InChI is InChI=1S/C24H30ClN3O2/c1-18(26-23(29)9-4-6-19-10-12-20(25)13-11-19)16-24(30)27-21-7-5-8-22(17-21)28-14-2-3-15-28/h5,7-8,10-13,17-18H,2-4,6,9,14-16H2,1H3,(H,26,29)(H,27,30). The number of benzene rings is 2. The van der Waals surface area contributed by atoms with Gasteiger partial charge < -0.3 is 15.5 Å². The van der Waals surface area contributed by atoms with Crippen molar-refractivity contribution in [1.29, 1.82) is 0 Å². The first kappa shape index (κ1) is 22.2. The molecule has 1 saturated heterocycles. The van der Waals surface area contributed by atoms with Crippen molar-refractivity contribution in [2.24, 2.45) is 0 Å². The molecule has 2 aromatic carbocycles. The van der Waals surface area contributed by atoms with E-state index in [1.807, 2.05) is 49.4 Å². The number of anilines is 2. The van der Waals surface area contributed by atoms with Crippen LogP contribution in [0.1, 0.15) is 44.6 Å². The molecule has 0 aliphatic carbocycles. The Morgan fingerprint density at radius 3 is 2.53 bits per heavy atom. The lowest BCUT2D eigenvalue weighted by atomic mass is 10.1. The molecular formula is C24H30ClN3O2. The quantitative estimate of drug-likeness (QED) is 0.604. The minimum atomic E-state index is -0.213. The van der Waals surface area contributed by atoms with Crippen molar-refractivity contribution < 1.29 is 9.59 Å². The Morgan fingerprint density at radius 1 is 1.07 bits per heavy atom. The zero-order valence-corrected chi connectivity index (χ0v) is 18.3. The monoisotopic (exact) mass is 427 g/mol. The molecule has 1 aliphatic heterocycles. The predicted molar refractivity (Wildman–Crippen MR) is 123 cm³/mol. The van der Waals surface area contributed by atoms with Crippen LogP contribution in [0.4, 0.5) is 11.4 Å². The van der Waals surface area contributed by atoms with Gasteiger partial charge >= 0.3 is 0 Å². The second kappa shape index (κ2) is 11.0. The predicted octanol–water partition coefficient (Wildman–Crippen LogP) is 4.80. The van der Waals surface area contributed by atoms with Crippen LogP contribution in [0.2, 0.25) is 5.02 Å². The summed E-state index contributed by atoms with van der Waals surface area (Å²) in [6.45, 7) is 3.99. The number of aryl methyl sites for hydroxylation is 1. The van der Waals surface area contributed by atoms with Crippen LogP contribution in [0.25, 0.3) is 0 Å². The molecule has 2 amide bonds. The molecule has 2 N–H and O–H groups in total. The lowest BCUT2D eigenvalue weighted by molar-refractivity contribution is -0.122. The summed E-state index contributed by atoms with van der Waals surface area (Å²) in [4.78, 5) is 26.9. The van der Waals surface area contributed by atoms with Crippen LogP contribution in [0.15, 0.2) is 48.5 Å². The highest BCUT2D eigenvalue weighted by Gasteiger charge is 2.15. The molecule has 1 aliphatic rings. The van der Waals surface area contributed by atoms with Gasteiger partial charge in [-0.2, -0.15) is 0 Å². The minimum absolute atomic E-state index is 0.0275. The maximum Gasteiger partial charge on any atom is 0.226 e. The van der Waals surface area contributed by atoms with E-state index in [2.05, 4.69) is 21.6 Å². The highest BCUT2D eigenvalue weighted by molar-refractivity contribution is 6.30. The summed E-state index contributed by atoms with van der Waals surface area (Å²) in [5.74, 6) is -0.122. The SMILES string of the molecule is CC(CC(=O)Nc1cccc(N2CCCC2)c1)NC(=O)CCCc1ccc(Cl)cc1. The van der Waals surface area contributed by atoms with Crippen molar-refractivity contribution in [3.63, 3.8) is 0 Å². The highest BCUT2D eigenvalue weighted by atomic mass is 35.5. The Balaban J connectivity index is 1.38. The van der Waals surface area contributed by atoms with E-state index in [4.69, 9.17) is 11.6 Å². The lowest BCUT2D eigenvalue weighted by Crippen LogP contribution is -2.35. The third kappa shape index (κ3) is 7.06. The number of amides is 2. The van der Waals surface area contributed by atoms with E-state index in [-0.39, 0.29) is 24.3 Å². The Bertz CT molecular complexity index is 848. The summed E-state index contributed by atoms with van der Waals surface area (Å²) >= 11 is 5.88. The third-order valence-corrected chi connectivity index (χ3v) is 5.53. The Labute approximate surface area is 183 Å². The van der Waals surface area contributed by atoms with Gasteiger partial charge in [-0.1, -0.05) is 29.8 Å². The fraction of sp³-hybridized carbons (Fsp3) is 0.417.